The maximum absolute atomic E-state index is 10.4. The minimum atomic E-state index is -1.31. The average molecular weight is 391 g/mol. The van der Waals surface area contributed by atoms with Crippen molar-refractivity contribution in [3.05, 3.63) is 28.7 Å². The first-order valence-corrected chi connectivity index (χ1v) is 8.91. The second kappa shape index (κ2) is 7.17. The molecule has 12 heteroatoms. The van der Waals surface area contributed by atoms with Gasteiger partial charge in [0.15, 0.2) is 23.2 Å². The summed E-state index contributed by atoms with van der Waals surface area (Å²) >= 11 is 1.51. The van der Waals surface area contributed by atoms with E-state index in [-0.39, 0.29) is 11.8 Å². The first kappa shape index (κ1) is 17.8. The minimum absolute atomic E-state index is 0.149. The summed E-state index contributed by atoms with van der Waals surface area (Å²) in [7, 11) is 0. The summed E-state index contributed by atoms with van der Waals surface area (Å²) in [5.41, 5.74) is 9.25. The van der Waals surface area contributed by atoms with Gasteiger partial charge in [0.2, 0.25) is 5.95 Å². The van der Waals surface area contributed by atoms with E-state index in [0.29, 0.717) is 11.2 Å². The van der Waals surface area contributed by atoms with E-state index in [1.165, 1.54) is 22.2 Å². The Morgan fingerprint density at radius 1 is 1.37 bits per heavy atom. The van der Waals surface area contributed by atoms with E-state index in [1.807, 2.05) is 17.5 Å². The Bertz CT molecular complexity index is 961. The number of aliphatic hydroxyl groups is 3. The molecule has 1 fully saturated rings. The van der Waals surface area contributed by atoms with Crippen molar-refractivity contribution < 1.29 is 20.1 Å². The molecular formula is C15H17N7O4S. The molecule has 0 bridgehead atoms. The van der Waals surface area contributed by atoms with Crippen molar-refractivity contribution in [2.75, 3.05) is 17.8 Å². The van der Waals surface area contributed by atoms with Crippen LogP contribution in [-0.2, 0) is 4.74 Å². The fourth-order valence-corrected chi connectivity index (χ4v) is 3.44. The molecule has 142 valence electrons. The zero-order valence-electron chi connectivity index (χ0n) is 13.9. The summed E-state index contributed by atoms with van der Waals surface area (Å²) in [6.45, 7) is -0.447. The van der Waals surface area contributed by atoms with E-state index >= 15 is 0 Å². The highest BCUT2D eigenvalue weighted by Crippen LogP contribution is 2.35. The third-order valence-electron chi connectivity index (χ3n) is 4.18. The maximum atomic E-state index is 10.4. The molecule has 0 aliphatic carbocycles. The summed E-state index contributed by atoms with van der Waals surface area (Å²) in [6, 6.07) is 3.80. The number of rotatable bonds is 5. The Morgan fingerprint density at radius 3 is 2.93 bits per heavy atom. The number of imidazole rings is 1. The highest BCUT2D eigenvalue weighted by Gasteiger charge is 2.45. The Hall–Kier alpha value is -2.64. The van der Waals surface area contributed by atoms with Crippen LogP contribution in [0.2, 0.25) is 0 Å². The lowest BCUT2D eigenvalue weighted by Gasteiger charge is -2.18. The number of anilines is 2. The molecule has 0 radical (unpaired) electrons. The van der Waals surface area contributed by atoms with Gasteiger partial charge in [0.05, 0.1) is 12.8 Å². The summed E-state index contributed by atoms with van der Waals surface area (Å²) in [5.74, 6) is 0.343. The van der Waals surface area contributed by atoms with Crippen molar-refractivity contribution in [2.45, 2.75) is 24.5 Å². The smallest absolute Gasteiger partial charge is 0.228 e. The van der Waals surface area contributed by atoms with Crippen LogP contribution in [0.15, 0.2) is 28.9 Å². The van der Waals surface area contributed by atoms with Crippen LogP contribution in [0.25, 0.3) is 11.2 Å². The van der Waals surface area contributed by atoms with Gasteiger partial charge in [-0.25, -0.2) is 20.4 Å². The number of hydrazone groups is 1. The molecule has 4 rings (SSSR count). The van der Waals surface area contributed by atoms with Gasteiger partial charge < -0.3 is 25.8 Å². The van der Waals surface area contributed by atoms with Crippen molar-refractivity contribution in [3.8, 4) is 0 Å². The van der Waals surface area contributed by atoms with Crippen LogP contribution >= 0.6 is 11.3 Å². The Morgan fingerprint density at radius 2 is 2.22 bits per heavy atom. The number of nitrogens with zero attached hydrogens (tertiary/aromatic N) is 5. The molecule has 11 nitrogen and oxygen atoms in total. The highest BCUT2D eigenvalue weighted by atomic mass is 32.1. The maximum Gasteiger partial charge on any atom is 0.228 e. The summed E-state index contributed by atoms with van der Waals surface area (Å²) in [6.07, 6.45) is -1.69. The summed E-state index contributed by atoms with van der Waals surface area (Å²) in [4.78, 5) is 13.3. The fourth-order valence-electron chi connectivity index (χ4n) is 2.86. The van der Waals surface area contributed by atoms with Gasteiger partial charge in [0, 0.05) is 4.88 Å². The van der Waals surface area contributed by atoms with Crippen molar-refractivity contribution in [1.29, 1.82) is 0 Å². The van der Waals surface area contributed by atoms with Gasteiger partial charge in [-0.3, -0.25) is 4.57 Å². The van der Waals surface area contributed by atoms with Crippen LogP contribution in [0.1, 0.15) is 11.1 Å². The number of thiophene rings is 1. The van der Waals surface area contributed by atoms with Gasteiger partial charge in [0.25, 0.3) is 0 Å². The normalized spacial score (nSPS) is 25.6. The van der Waals surface area contributed by atoms with E-state index in [4.69, 9.17) is 10.5 Å². The fraction of sp³-hybridized carbons (Fsp3) is 0.333. The molecule has 3 aromatic rings. The standard InChI is InChI=1S/C15H17N7O4S/c16-12-9-13(18-6-17-12)22(14-11(25)10(24)8(5-23)26-14)15(20-9)21-19-4-7-2-1-3-27-7/h1-4,6,8,10-11,14,23-25H,5H2,(H,20,21)(H2,16,17,18)/t8-,10+,11+,14+/m0/s1. The Labute approximate surface area is 156 Å². The highest BCUT2D eigenvalue weighted by molar-refractivity contribution is 7.11. The number of aromatic nitrogens is 4. The van der Waals surface area contributed by atoms with E-state index in [9.17, 15) is 15.3 Å². The first-order chi connectivity index (χ1) is 13.1. The van der Waals surface area contributed by atoms with Gasteiger partial charge in [-0.1, -0.05) is 6.07 Å². The van der Waals surface area contributed by atoms with E-state index in [0.717, 1.165) is 4.88 Å². The van der Waals surface area contributed by atoms with E-state index < -0.39 is 31.1 Å². The number of fused-ring (bicyclic) bond motifs is 1. The molecule has 4 heterocycles. The van der Waals surface area contributed by atoms with Crippen molar-refractivity contribution in [2.24, 2.45) is 5.10 Å². The lowest BCUT2D eigenvalue weighted by Crippen LogP contribution is -2.33. The summed E-state index contributed by atoms with van der Waals surface area (Å²) < 4.78 is 7.04. The van der Waals surface area contributed by atoms with Crippen molar-refractivity contribution in [3.63, 3.8) is 0 Å². The van der Waals surface area contributed by atoms with Gasteiger partial charge in [-0.15, -0.1) is 11.3 Å². The number of nitrogen functional groups attached to an aromatic ring is 1. The quantitative estimate of drug-likeness (QED) is 0.285. The van der Waals surface area contributed by atoms with Gasteiger partial charge in [0.1, 0.15) is 24.6 Å². The van der Waals surface area contributed by atoms with Crippen LogP contribution in [0.4, 0.5) is 11.8 Å². The summed E-state index contributed by atoms with van der Waals surface area (Å²) in [5, 5.41) is 35.9. The zero-order valence-corrected chi connectivity index (χ0v) is 14.7. The molecule has 4 atom stereocenters. The molecule has 1 saturated heterocycles. The number of ether oxygens (including phenoxy) is 1. The monoisotopic (exact) mass is 391 g/mol. The van der Waals surface area contributed by atoms with Gasteiger partial charge in [-0.2, -0.15) is 5.10 Å². The topological polar surface area (TPSA) is 164 Å². The predicted octanol–water partition coefficient (Wildman–Crippen LogP) is -0.473. The van der Waals surface area contributed by atoms with Crippen LogP contribution in [-0.4, -0.2) is 66.0 Å². The number of nitrogens with one attached hydrogen (secondary N) is 1. The van der Waals surface area contributed by atoms with Crippen LogP contribution in [0, 0.1) is 0 Å². The molecule has 0 unspecified atom stereocenters. The Balaban J connectivity index is 1.74. The number of hydrogen-bond acceptors (Lipinski definition) is 11. The third kappa shape index (κ3) is 3.13. The molecule has 27 heavy (non-hydrogen) atoms. The zero-order chi connectivity index (χ0) is 19.0. The second-order valence-electron chi connectivity index (χ2n) is 5.85. The minimum Gasteiger partial charge on any atom is -0.394 e. The lowest BCUT2D eigenvalue weighted by atomic mass is 10.1. The molecule has 1 aliphatic rings. The third-order valence-corrected chi connectivity index (χ3v) is 4.98. The van der Waals surface area contributed by atoms with Crippen molar-refractivity contribution in [1.82, 2.24) is 19.5 Å². The first-order valence-electron chi connectivity index (χ1n) is 8.03. The second-order valence-corrected chi connectivity index (χ2v) is 6.83. The molecule has 0 aromatic carbocycles. The largest absolute Gasteiger partial charge is 0.394 e. The predicted molar refractivity (Wildman–Crippen MR) is 98.3 cm³/mol. The van der Waals surface area contributed by atoms with Crippen LogP contribution < -0.4 is 11.2 Å². The van der Waals surface area contributed by atoms with Gasteiger partial charge in [-0.05, 0) is 11.4 Å². The number of aliphatic hydroxyl groups excluding tert-OH is 3. The molecule has 6 N–H and O–H groups in total. The molecule has 1 aliphatic heterocycles. The molecule has 0 saturated carbocycles. The van der Waals surface area contributed by atoms with Crippen LogP contribution in [0.5, 0.6) is 0 Å². The van der Waals surface area contributed by atoms with Crippen molar-refractivity contribution >= 4 is 40.5 Å². The molecule has 0 spiro atoms. The van der Waals surface area contributed by atoms with Gasteiger partial charge >= 0.3 is 0 Å². The Kier molecular flexibility index (Phi) is 4.72. The van der Waals surface area contributed by atoms with E-state index in [1.54, 1.807) is 6.21 Å². The molecule has 3 aromatic heterocycles. The average Bonchev–Trinajstić information content (AvgIpc) is 3.36. The molecule has 0 amide bonds. The van der Waals surface area contributed by atoms with Crippen LogP contribution in [0.3, 0.4) is 0 Å². The number of hydrogen-bond donors (Lipinski definition) is 5. The number of nitrogens with two attached hydrogens (primary N) is 1. The lowest BCUT2D eigenvalue weighted by molar-refractivity contribution is -0.0501. The SMILES string of the molecule is Nc1ncnc2c1nc(NN=Cc1cccs1)n2[C@@H]1O[C@@H](CO)[C@@H](O)[C@H]1O. The van der Waals surface area contributed by atoms with E-state index in [2.05, 4.69) is 25.5 Å². The molecular weight excluding hydrogens is 374 g/mol.